The van der Waals surface area contributed by atoms with E-state index in [9.17, 15) is 5.11 Å². The Bertz CT molecular complexity index is 721. The van der Waals surface area contributed by atoms with Crippen LogP contribution in [0.5, 0.6) is 5.75 Å². The molecular weight excluding hydrogens is 264 g/mol. The largest absolute Gasteiger partial charge is 0.507 e. The second-order valence-electron chi connectivity index (χ2n) is 4.53. The molecule has 7 N–H and O–H groups in total. The van der Waals surface area contributed by atoms with Crippen molar-refractivity contribution >= 4 is 23.8 Å². The molecule has 0 radical (unpaired) electrons. The van der Waals surface area contributed by atoms with E-state index in [1.165, 1.54) is 6.07 Å². The van der Waals surface area contributed by atoms with E-state index in [1.807, 2.05) is 36.4 Å². The summed E-state index contributed by atoms with van der Waals surface area (Å²) in [5.41, 5.74) is 12.9. The number of benzene rings is 2. The minimum atomic E-state index is -0.323. The number of nitrogens with two attached hydrogens (primary N) is 2. The molecule has 106 valence electrons. The Morgan fingerprint density at radius 3 is 2.10 bits per heavy atom. The Hall–Kier alpha value is -3.08. The normalized spacial score (nSPS) is 10.7. The lowest BCUT2D eigenvalue weighted by atomic mass is 10.00. The predicted molar refractivity (Wildman–Crippen MR) is 85.5 cm³/mol. The Balaban J connectivity index is 2.45. The first-order valence-electron chi connectivity index (χ1n) is 6.28. The number of nitrogens with one attached hydrogen (secondary N) is 2. The Morgan fingerprint density at radius 2 is 1.52 bits per heavy atom. The van der Waals surface area contributed by atoms with Gasteiger partial charge in [-0.1, -0.05) is 42.5 Å². The van der Waals surface area contributed by atoms with Gasteiger partial charge >= 0.3 is 0 Å². The quantitative estimate of drug-likeness (QED) is 0.335. The number of phenols is 1. The SMILES string of the molecule is N=C(N)c1cc(C=Cc2ccccc2)cc(O)c1C(=N)N. The van der Waals surface area contributed by atoms with Crippen LogP contribution in [-0.2, 0) is 0 Å². The summed E-state index contributed by atoms with van der Waals surface area (Å²) in [6.07, 6.45) is 3.68. The first kappa shape index (κ1) is 14.3. The molecule has 0 aliphatic rings. The summed E-state index contributed by atoms with van der Waals surface area (Å²) in [7, 11) is 0. The smallest absolute Gasteiger partial charge is 0.127 e. The Kier molecular flexibility index (Phi) is 4.04. The fraction of sp³-hybridized carbons (Fsp3) is 0. The van der Waals surface area contributed by atoms with Crippen LogP contribution in [0.3, 0.4) is 0 Å². The van der Waals surface area contributed by atoms with Crippen LogP contribution in [0.15, 0.2) is 42.5 Å². The Morgan fingerprint density at radius 1 is 0.905 bits per heavy atom. The van der Waals surface area contributed by atoms with E-state index in [0.29, 0.717) is 5.56 Å². The number of amidine groups is 2. The molecule has 0 saturated carbocycles. The van der Waals surface area contributed by atoms with Gasteiger partial charge in [0.15, 0.2) is 0 Å². The highest BCUT2D eigenvalue weighted by Crippen LogP contribution is 2.24. The van der Waals surface area contributed by atoms with Crippen LogP contribution in [0.1, 0.15) is 22.3 Å². The standard InChI is InChI=1S/C16H16N4O/c17-15(18)12-8-11(9-13(21)14(12)16(19)20)7-6-10-4-2-1-3-5-10/h1-9,21H,(H3,17,18)(H3,19,20). The van der Waals surface area contributed by atoms with Crippen LogP contribution in [0, 0.1) is 10.8 Å². The van der Waals surface area contributed by atoms with Gasteiger partial charge in [0, 0.05) is 5.56 Å². The molecule has 0 amide bonds. The minimum Gasteiger partial charge on any atom is -0.507 e. The molecule has 0 spiro atoms. The highest BCUT2D eigenvalue weighted by Gasteiger charge is 2.14. The molecule has 0 heterocycles. The van der Waals surface area contributed by atoms with E-state index in [2.05, 4.69) is 0 Å². The van der Waals surface area contributed by atoms with E-state index >= 15 is 0 Å². The summed E-state index contributed by atoms with van der Waals surface area (Å²) in [6.45, 7) is 0. The van der Waals surface area contributed by atoms with Gasteiger partial charge in [-0.05, 0) is 23.3 Å². The third-order valence-electron chi connectivity index (χ3n) is 2.97. The van der Waals surface area contributed by atoms with Crippen molar-refractivity contribution in [2.75, 3.05) is 0 Å². The number of aromatic hydroxyl groups is 1. The monoisotopic (exact) mass is 280 g/mol. The van der Waals surface area contributed by atoms with Crippen LogP contribution in [-0.4, -0.2) is 16.8 Å². The molecule has 0 atom stereocenters. The molecule has 0 fully saturated rings. The third-order valence-corrected chi connectivity index (χ3v) is 2.97. The van der Waals surface area contributed by atoms with Gasteiger partial charge in [0.1, 0.15) is 17.4 Å². The number of hydrogen-bond acceptors (Lipinski definition) is 3. The molecule has 0 unspecified atom stereocenters. The summed E-state index contributed by atoms with van der Waals surface area (Å²) in [4.78, 5) is 0. The zero-order chi connectivity index (χ0) is 15.4. The lowest BCUT2D eigenvalue weighted by molar-refractivity contribution is 0.474. The van der Waals surface area contributed by atoms with Gasteiger partial charge in [0.25, 0.3) is 0 Å². The molecule has 21 heavy (non-hydrogen) atoms. The topological polar surface area (TPSA) is 120 Å². The van der Waals surface area contributed by atoms with Crippen LogP contribution in [0.2, 0.25) is 0 Å². The molecule has 2 rings (SSSR count). The molecule has 0 aliphatic heterocycles. The maximum absolute atomic E-state index is 9.98. The first-order chi connectivity index (χ1) is 9.99. The second-order valence-corrected chi connectivity index (χ2v) is 4.53. The van der Waals surface area contributed by atoms with Crippen molar-refractivity contribution in [2.45, 2.75) is 0 Å². The average molecular weight is 280 g/mol. The van der Waals surface area contributed by atoms with Gasteiger partial charge in [-0.25, -0.2) is 0 Å². The minimum absolute atomic E-state index is 0.0827. The average Bonchev–Trinajstić information content (AvgIpc) is 2.45. The predicted octanol–water partition coefficient (Wildman–Crippen LogP) is 2.13. The first-order valence-corrected chi connectivity index (χ1v) is 6.28. The molecular formula is C16H16N4O. The molecule has 0 bridgehead atoms. The van der Waals surface area contributed by atoms with E-state index in [4.69, 9.17) is 22.3 Å². The van der Waals surface area contributed by atoms with Crippen molar-refractivity contribution in [1.29, 1.82) is 10.8 Å². The summed E-state index contributed by atoms with van der Waals surface area (Å²) < 4.78 is 0. The van der Waals surface area contributed by atoms with Crippen molar-refractivity contribution in [3.63, 3.8) is 0 Å². The molecule has 5 heteroatoms. The van der Waals surface area contributed by atoms with Gasteiger partial charge in [-0.3, -0.25) is 10.8 Å². The maximum atomic E-state index is 9.98. The van der Waals surface area contributed by atoms with E-state index in [-0.39, 0.29) is 28.5 Å². The van der Waals surface area contributed by atoms with Gasteiger partial charge in [-0.2, -0.15) is 0 Å². The van der Waals surface area contributed by atoms with Crippen LogP contribution >= 0.6 is 0 Å². The van der Waals surface area contributed by atoms with E-state index in [1.54, 1.807) is 12.1 Å². The van der Waals surface area contributed by atoms with Gasteiger partial charge in [0.2, 0.25) is 0 Å². The summed E-state index contributed by atoms with van der Waals surface area (Å²) in [5.74, 6) is -0.732. The maximum Gasteiger partial charge on any atom is 0.127 e. The van der Waals surface area contributed by atoms with Crippen LogP contribution in [0.25, 0.3) is 12.2 Å². The summed E-state index contributed by atoms with van der Waals surface area (Å²) in [6, 6.07) is 12.8. The number of rotatable bonds is 4. The lowest BCUT2D eigenvalue weighted by Crippen LogP contribution is -2.21. The summed E-state index contributed by atoms with van der Waals surface area (Å²) >= 11 is 0. The highest BCUT2D eigenvalue weighted by atomic mass is 16.3. The summed E-state index contributed by atoms with van der Waals surface area (Å²) in [5, 5.41) is 25.0. The van der Waals surface area contributed by atoms with E-state index in [0.717, 1.165) is 5.56 Å². The molecule has 0 aromatic heterocycles. The molecule has 0 saturated heterocycles. The van der Waals surface area contributed by atoms with Gasteiger partial charge < -0.3 is 16.6 Å². The zero-order valence-corrected chi connectivity index (χ0v) is 11.3. The number of phenolic OH excluding ortho intramolecular Hbond substituents is 1. The van der Waals surface area contributed by atoms with Crippen molar-refractivity contribution in [2.24, 2.45) is 11.5 Å². The molecule has 5 nitrogen and oxygen atoms in total. The number of nitrogen functional groups attached to an aromatic ring is 2. The van der Waals surface area contributed by atoms with Crippen molar-refractivity contribution in [3.05, 3.63) is 64.7 Å². The zero-order valence-electron chi connectivity index (χ0n) is 11.3. The van der Waals surface area contributed by atoms with Gasteiger partial charge in [0.05, 0.1) is 5.56 Å². The Labute approximate surface area is 122 Å². The fourth-order valence-electron chi connectivity index (χ4n) is 2.00. The van der Waals surface area contributed by atoms with E-state index < -0.39 is 0 Å². The number of hydrogen-bond donors (Lipinski definition) is 5. The van der Waals surface area contributed by atoms with Gasteiger partial charge in [-0.15, -0.1) is 0 Å². The van der Waals surface area contributed by atoms with Crippen molar-refractivity contribution in [1.82, 2.24) is 0 Å². The lowest BCUT2D eigenvalue weighted by Gasteiger charge is -2.10. The molecule has 2 aromatic rings. The second kappa shape index (κ2) is 5.92. The highest BCUT2D eigenvalue weighted by molar-refractivity contribution is 6.10. The van der Waals surface area contributed by atoms with Crippen molar-refractivity contribution < 1.29 is 5.11 Å². The van der Waals surface area contributed by atoms with Crippen molar-refractivity contribution in [3.8, 4) is 5.75 Å². The van der Waals surface area contributed by atoms with Crippen LogP contribution in [0.4, 0.5) is 0 Å². The molecule has 0 aliphatic carbocycles. The van der Waals surface area contributed by atoms with Crippen LogP contribution < -0.4 is 11.5 Å². The third kappa shape index (κ3) is 3.27. The molecule has 2 aromatic carbocycles. The fourth-order valence-corrected chi connectivity index (χ4v) is 2.00.